The predicted molar refractivity (Wildman–Crippen MR) is 177 cm³/mol. The fourth-order valence-electron chi connectivity index (χ4n) is 5.81. The van der Waals surface area contributed by atoms with Gasteiger partial charge in [0.15, 0.2) is 11.6 Å². The van der Waals surface area contributed by atoms with E-state index in [9.17, 15) is 0 Å². The lowest BCUT2D eigenvalue weighted by atomic mass is 9.94. The van der Waals surface area contributed by atoms with Gasteiger partial charge in [-0.25, -0.2) is 4.98 Å². The summed E-state index contributed by atoms with van der Waals surface area (Å²) < 4.78 is 2.43. The Balaban J connectivity index is 1.36. The van der Waals surface area contributed by atoms with Crippen LogP contribution in [0.15, 0.2) is 133 Å². The Kier molecular flexibility index (Phi) is 6.03. The molecule has 2 aromatic heterocycles. The van der Waals surface area contributed by atoms with Crippen molar-refractivity contribution in [1.82, 2.24) is 15.0 Å². The van der Waals surface area contributed by atoms with Crippen molar-refractivity contribution >= 4 is 53.9 Å². The number of hydrogen-bond donors (Lipinski definition) is 0. The molecule has 0 N–H and O–H groups in total. The number of benzene rings is 6. The Morgan fingerprint density at radius 1 is 0.429 bits per heavy atom. The third-order valence-corrected chi connectivity index (χ3v) is 9.08. The van der Waals surface area contributed by atoms with E-state index in [0.29, 0.717) is 11.6 Å². The molecule has 0 aliphatic rings. The van der Waals surface area contributed by atoms with Gasteiger partial charge in [0.25, 0.3) is 0 Å². The fourth-order valence-corrected chi connectivity index (χ4v) is 7.24. The van der Waals surface area contributed by atoms with Gasteiger partial charge in [0, 0.05) is 31.3 Å². The second-order valence-corrected chi connectivity index (χ2v) is 11.5. The Bertz CT molecular complexity index is 2260. The average molecular weight is 576 g/mol. The van der Waals surface area contributed by atoms with Crippen LogP contribution < -0.4 is 0 Å². The third-order valence-electron chi connectivity index (χ3n) is 7.71. The molecule has 0 atom stereocenters. The van der Waals surface area contributed by atoms with Gasteiger partial charge < -0.3 is 0 Å². The van der Waals surface area contributed by atoms with E-state index in [0.717, 1.165) is 27.3 Å². The molecule has 0 bridgehead atoms. The van der Waals surface area contributed by atoms with Crippen LogP contribution in [0.25, 0.3) is 76.0 Å². The van der Waals surface area contributed by atoms with Crippen LogP contribution in [0.3, 0.4) is 0 Å². The molecule has 0 fully saturated rings. The minimum atomic E-state index is 0.172. The van der Waals surface area contributed by atoms with E-state index in [2.05, 4.69) is 125 Å². The van der Waals surface area contributed by atoms with E-state index in [4.69, 9.17) is 16.6 Å². The van der Waals surface area contributed by atoms with Crippen molar-refractivity contribution in [2.45, 2.75) is 0 Å². The van der Waals surface area contributed by atoms with Crippen LogP contribution >= 0.6 is 22.9 Å². The van der Waals surface area contributed by atoms with E-state index >= 15 is 0 Å². The largest absolute Gasteiger partial charge is 0.226 e. The summed E-state index contributed by atoms with van der Waals surface area (Å²) in [4.78, 5) is 14.3. The molecule has 8 rings (SSSR count). The first-order valence-corrected chi connectivity index (χ1v) is 14.9. The fraction of sp³-hybridized carbons (Fsp3) is 0. The molecule has 6 aromatic carbocycles. The molecule has 198 valence electrons. The lowest BCUT2D eigenvalue weighted by Crippen LogP contribution is -1.98. The molecule has 3 nitrogen and oxygen atoms in total. The summed E-state index contributed by atoms with van der Waals surface area (Å²) in [5.41, 5.74) is 6.57. The summed E-state index contributed by atoms with van der Waals surface area (Å²) in [7, 11) is 0. The predicted octanol–water partition coefficient (Wildman–Crippen LogP) is 10.7. The Morgan fingerprint density at radius 3 is 1.64 bits per heavy atom. The number of halogens is 1. The lowest BCUT2D eigenvalue weighted by Gasteiger charge is -2.13. The monoisotopic (exact) mass is 575 g/mol. The standard InChI is InChI=1S/C37H22ClN3S/c38-37-40-35(29-21-19-25(23-11-3-1-4-12-23)27-15-7-8-16-28(27)29)39-36(41-37)31-22-20-26(24-13-5-2-6-14-24)34-33(31)30-17-9-10-18-32(30)42-34/h1-22H. The first kappa shape index (κ1) is 24.9. The van der Waals surface area contributed by atoms with Gasteiger partial charge in [0.2, 0.25) is 5.28 Å². The van der Waals surface area contributed by atoms with Crippen LogP contribution in [-0.4, -0.2) is 15.0 Å². The minimum Gasteiger partial charge on any atom is -0.208 e. The highest BCUT2D eigenvalue weighted by atomic mass is 35.5. The summed E-state index contributed by atoms with van der Waals surface area (Å²) in [6, 6.07) is 46.4. The summed E-state index contributed by atoms with van der Waals surface area (Å²) in [6.07, 6.45) is 0. The number of nitrogens with zero attached hydrogens (tertiary/aromatic N) is 3. The molecule has 0 spiro atoms. The summed E-state index contributed by atoms with van der Waals surface area (Å²) in [5, 5.41) is 4.69. The van der Waals surface area contributed by atoms with E-state index in [1.54, 1.807) is 11.3 Å². The minimum absolute atomic E-state index is 0.172. The molecule has 0 saturated carbocycles. The maximum atomic E-state index is 6.64. The highest BCUT2D eigenvalue weighted by Gasteiger charge is 2.19. The van der Waals surface area contributed by atoms with Crippen LogP contribution in [0.1, 0.15) is 0 Å². The maximum absolute atomic E-state index is 6.64. The number of aromatic nitrogens is 3. The highest BCUT2D eigenvalue weighted by molar-refractivity contribution is 7.26. The molecule has 2 heterocycles. The van der Waals surface area contributed by atoms with Crippen LogP contribution in [-0.2, 0) is 0 Å². The van der Waals surface area contributed by atoms with Gasteiger partial charge >= 0.3 is 0 Å². The van der Waals surface area contributed by atoms with E-state index in [-0.39, 0.29) is 5.28 Å². The molecular formula is C37H22ClN3S. The molecule has 0 saturated heterocycles. The second-order valence-electron chi connectivity index (χ2n) is 10.2. The smallest absolute Gasteiger partial charge is 0.208 e. The average Bonchev–Trinajstić information content (AvgIpc) is 3.44. The van der Waals surface area contributed by atoms with Gasteiger partial charge in [-0.05, 0) is 62.8 Å². The van der Waals surface area contributed by atoms with E-state index in [1.807, 2.05) is 18.2 Å². The van der Waals surface area contributed by atoms with Gasteiger partial charge in [-0.3, -0.25) is 0 Å². The van der Waals surface area contributed by atoms with Gasteiger partial charge in [0.05, 0.1) is 0 Å². The van der Waals surface area contributed by atoms with Crippen molar-refractivity contribution < 1.29 is 0 Å². The molecule has 0 amide bonds. The third kappa shape index (κ3) is 4.16. The van der Waals surface area contributed by atoms with Crippen molar-refractivity contribution in [1.29, 1.82) is 0 Å². The first-order chi connectivity index (χ1) is 20.7. The number of thiophene rings is 1. The van der Waals surface area contributed by atoms with Crippen molar-refractivity contribution in [3.8, 4) is 45.0 Å². The normalized spacial score (nSPS) is 11.5. The zero-order valence-electron chi connectivity index (χ0n) is 22.3. The van der Waals surface area contributed by atoms with Crippen LogP contribution in [0.5, 0.6) is 0 Å². The molecule has 8 aromatic rings. The molecular weight excluding hydrogens is 554 g/mol. The summed E-state index contributed by atoms with van der Waals surface area (Å²) in [6.45, 7) is 0. The lowest BCUT2D eigenvalue weighted by molar-refractivity contribution is 1.07. The zero-order chi connectivity index (χ0) is 28.0. The second kappa shape index (κ2) is 10.2. The number of fused-ring (bicyclic) bond motifs is 4. The first-order valence-electron chi connectivity index (χ1n) is 13.7. The number of rotatable bonds is 4. The summed E-state index contributed by atoms with van der Waals surface area (Å²) >= 11 is 8.43. The molecule has 5 heteroatoms. The molecule has 42 heavy (non-hydrogen) atoms. The van der Waals surface area contributed by atoms with Crippen molar-refractivity contribution in [2.24, 2.45) is 0 Å². The highest BCUT2D eigenvalue weighted by Crippen LogP contribution is 2.44. The Labute approximate surface area is 251 Å². The topological polar surface area (TPSA) is 38.7 Å². The van der Waals surface area contributed by atoms with Gasteiger partial charge in [-0.1, -0.05) is 115 Å². The zero-order valence-corrected chi connectivity index (χ0v) is 23.9. The SMILES string of the molecule is Clc1nc(-c2ccc(-c3ccccc3)c3ccccc23)nc(-c2ccc(-c3ccccc3)c3sc4ccccc4c23)n1. The van der Waals surface area contributed by atoms with Gasteiger partial charge in [-0.2, -0.15) is 9.97 Å². The molecule has 0 unspecified atom stereocenters. The van der Waals surface area contributed by atoms with Crippen molar-refractivity contribution in [2.75, 3.05) is 0 Å². The maximum Gasteiger partial charge on any atom is 0.226 e. The molecule has 0 aliphatic heterocycles. The van der Waals surface area contributed by atoms with Crippen molar-refractivity contribution in [3.63, 3.8) is 0 Å². The number of hydrogen-bond acceptors (Lipinski definition) is 4. The van der Waals surface area contributed by atoms with Crippen molar-refractivity contribution in [3.05, 3.63) is 139 Å². The van der Waals surface area contributed by atoms with Crippen LogP contribution in [0.4, 0.5) is 0 Å². The molecule has 0 radical (unpaired) electrons. The van der Waals surface area contributed by atoms with Gasteiger partial charge in [-0.15, -0.1) is 11.3 Å². The van der Waals surface area contributed by atoms with E-state index in [1.165, 1.54) is 37.0 Å². The molecule has 0 aliphatic carbocycles. The quantitative estimate of drug-likeness (QED) is 0.209. The van der Waals surface area contributed by atoms with E-state index < -0.39 is 0 Å². The van der Waals surface area contributed by atoms with Crippen LogP contribution in [0, 0.1) is 0 Å². The Morgan fingerprint density at radius 2 is 0.929 bits per heavy atom. The Hall–Kier alpha value is -4.90. The van der Waals surface area contributed by atoms with Crippen LogP contribution in [0.2, 0.25) is 5.28 Å². The van der Waals surface area contributed by atoms with Gasteiger partial charge in [0.1, 0.15) is 0 Å². The summed E-state index contributed by atoms with van der Waals surface area (Å²) in [5.74, 6) is 1.12.